The van der Waals surface area contributed by atoms with E-state index in [2.05, 4.69) is 33.7 Å². The van der Waals surface area contributed by atoms with Gasteiger partial charge in [0.05, 0.1) is 11.7 Å². The van der Waals surface area contributed by atoms with Crippen LogP contribution in [-0.2, 0) is 6.54 Å². The number of benzene rings is 2. The van der Waals surface area contributed by atoms with Gasteiger partial charge in [0, 0.05) is 28.6 Å². The van der Waals surface area contributed by atoms with E-state index in [1.165, 1.54) is 10.9 Å². The lowest BCUT2D eigenvalue weighted by atomic mass is 10.1. The average Bonchev–Trinajstić information content (AvgIpc) is 3.08. The smallest absolute Gasteiger partial charge is 0.134 e. The van der Waals surface area contributed by atoms with E-state index in [1.807, 2.05) is 37.4 Å². The van der Waals surface area contributed by atoms with Crippen LogP contribution < -0.4 is 5.32 Å². The van der Waals surface area contributed by atoms with Crippen molar-refractivity contribution in [2.24, 2.45) is 0 Å². The molecule has 0 saturated heterocycles. The molecule has 0 bridgehead atoms. The zero-order valence-corrected chi connectivity index (χ0v) is 11.7. The maximum absolute atomic E-state index is 5.79. The Balaban J connectivity index is 1.64. The molecule has 0 radical (unpaired) electrons. The first-order chi connectivity index (χ1) is 10.3. The number of aryl methyl sites for hydroxylation is 1. The van der Waals surface area contributed by atoms with Gasteiger partial charge in [0.2, 0.25) is 0 Å². The molecule has 0 aliphatic carbocycles. The van der Waals surface area contributed by atoms with Crippen molar-refractivity contribution in [3.8, 4) is 0 Å². The van der Waals surface area contributed by atoms with Crippen molar-refractivity contribution in [2.45, 2.75) is 13.5 Å². The summed E-state index contributed by atoms with van der Waals surface area (Å²) in [5.74, 6) is 0.966. The van der Waals surface area contributed by atoms with Crippen molar-refractivity contribution in [1.29, 1.82) is 0 Å². The molecule has 4 nitrogen and oxygen atoms in total. The minimum absolute atomic E-state index is 0.742. The maximum atomic E-state index is 5.79. The summed E-state index contributed by atoms with van der Waals surface area (Å²) < 4.78 is 5.79. The summed E-state index contributed by atoms with van der Waals surface area (Å²) in [6, 6.07) is 14.3. The predicted molar refractivity (Wildman–Crippen MR) is 84.4 cm³/mol. The van der Waals surface area contributed by atoms with Crippen LogP contribution in [-0.4, -0.2) is 10.2 Å². The fourth-order valence-electron chi connectivity index (χ4n) is 2.68. The van der Waals surface area contributed by atoms with E-state index in [0.29, 0.717) is 0 Å². The van der Waals surface area contributed by atoms with E-state index in [1.54, 1.807) is 0 Å². The van der Waals surface area contributed by atoms with E-state index in [9.17, 15) is 0 Å². The van der Waals surface area contributed by atoms with E-state index < -0.39 is 0 Å². The largest absolute Gasteiger partial charge is 0.461 e. The van der Waals surface area contributed by atoms with Gasteiger partial charge < -0.3 is 9.73 Å². The molecule has 2 N–H and O–H groups in total. The Hall–Kier alpha value is -2.75. The summed E-state index contributed by atoms with van der Waals surface area (Å²) >= 11 is 0. The maximum Gasteiger partial charge on any atom is 0.134 e. The fourth-order valence-corrected chi connectivity index (χ4v) is 2.68. The van der Waals surface area contributed by atoms with Crippen LogP contribution in [0.15, 0.2) is 53.1 Å². The molecule has 0 spiro atoms. The Bertz CT molecular complexity index is 920. The van der Waals surface area contributed by atoms with Crippen molar-refractivity contribution in [3.05, 3.63) is 60.0 Å². The van der Waals surface area contributed by atoms with Crippen LogP contribution in [0.5, 0.6) is 0 Å². The van der Waals surface area contributed by atoms with Gasteiger partial charge in [-0.1, -0.05) is 18.2 Å². The van der Waals surface area contributed by atoms with E-state index in [-0.39, 0.29) is 0 Å². The summed E-state index contributed by atoms with van der Waals surface area (Å²) in [6.07, 6.45) is 1.83. The predicted octanol–water partition coefficient (Wildman–Crippen LogP) is 4.23. The molecule has 0 fully saturated rings. The second kappa shape index (κ2) is 4.66. The summed E-state index contributed by atoms with van der Waals surface area (Å²) in [4.78, 5) is 0. The van der Waals surface area contributed by atoms with Crippen LogP contribution in [0.3, 0.4) is 0 Å². The van der Waals surface area contributed by atoms with Crippen molar-refractivity contribution in [2.75, 3.05) is 5.32 Å². The van der Waals surface area contributed by atoms with E-state index >= 15 is 0 Å². The highest BCUT2D eigenvalue weighted by atomic mass is 16.3. The van der Waals surface area contributed by atoms with Gasteiger partial charge in [0.15, 0.2) is 0 Å². The van der Waals surface area contributed by atoms with E-state index in [4.69, 9.17) is 4.42 Å². The first-order valence-corrected chi connectivity index (χ1v) is 6.95. The Labute approximate surface area is 121 Å². The molecule has 21 heavy (non-hydrogen) atoms. The SMILES string of the molecule is Cc1oc2ccccc2c1CNc1ccc2[nH]ncc2c1. The molecule has 4 heteroatoms. The van der Waals surface area contributed by atoms with Gasteiger partial charge in [-0.15, -0.1) is 0 Å². The first-order valence-electron chi connectivity index (χ1n) is 6.95. The number of fused-ring (bicyclic) bond motifs is 2. The standard InChI is InChI=1S/C17H15N3O/c1-11-15(14-4-2-3-5-17(14)21-11)10-18-13-6-7-16-12(8-13)9-19-20-16/h2-9,18H,10H2,1H3,(H,19,20). The summed E-state index contributed by atoms with van der Waals surface area (Å²) in [7, 11) is 0. The van der Waals surface area contributed by atoms with Crippen LogP contribution in [0.25, 0.3) is 21.9 Å². The molecule has 0 atom stereocenters. The number of hydrogen-bond donors (Lipinski definition) is 2. The lowest BCUT2D eigenvalue weighted by molar-refractivity contribution is 0.573. The van der Waals surface area contributed by atoms with Gasteiger partial charge in [-0.05, 0) is 31.2 Å². The number of hydrogen-bond acceptors (Lipinski definition) is 3. The van der Waals surface area contributed by atoms with Gasteiger partial charge in [0.25, 0.3) is 0 Å². The Morgan fingerprint density at radius 1 is 1.19 bits per heavy atom. The molecule has 4 rings (SSSR count). The third-order valence-electron chi connectivity index (χ3n) is 3.81. The molecule has 0 unspecified atom stereocenters. The number of nitrogens with zero attached hydrogens (tertiary/aromatic N) is 1. The Kier molecular flexibility index (Phi) is 2.67. The normalized spacial score (nSPS) is 11.3. The number of nitrogens with one attached hydrogen (secondary N) is 2. The topological polar surface area (TPSA) is 53.9 Å². The van der Waals surface area contributed by atoms with Crippen LogP contribution in [0, 0.1) is 6.92 Å². The molecule has 104 valence electrons. The number of H-pyrrole nitrogens is 1. The molecule has 4 aromatic rings. The van der Waals surface area contributed by atoms with Crippen LogP contribution in [0.1, 0.15) is 11.3 Å². The van der Waals surface area contributed by atoms with E-state index in [0.717, 1.165) is 34.5 Å². The monoisotopic (exact) mass is 277 g/mol. The lowest BCUT2D eigenvalue weighted by Gasteiger charge is -2.06. The quantitative estimate of drug-likeness (QED) is 0.589. The number of rotatable bonds is 3. The van der Waals surface area contributed by atoms with Gasteiger partial charge in [-0.2, -0.15) is 5.10 Å². The van der Waals surface area contributed by atoms with Crippen LogP contribution in [0.4, 0.5) is 5.69 Å². The number of para-hydroxylation sites is 1. The highest BCUT2D eigenvalue weighted by Crippen LogP contribution is 2.26. The second-order valence-electron chi connectivity index (χ2n) is 5.16. The van der Waals surface area contributed by atoms with Gasteiger partial charge in [-0.25, -0.2) is 0 Å². The molecule has 0 amide bonds. The number of aromatic nitrogens is 2. The molecule has 2 aromatic heterocycles. The summed E-state index contributed by atoms with van der Waals surface area (Å²) in [5.41, 5.74) is 4.27. The number of furan rings is 1. The van der Waals surface area contributed by atoms with Crippen molar-refractivity contribution >= 4 is 27.6 Å². The van der Waals surface area contributed by atoms with Crippen molar-refractivity contribution in [1.82, 2.24) is 10.2 Å². The highest BCUT2D eigenvalue weighted by Gasteiger charge is 2.10. The molecule has 0 aliphatic heterocycles. The second-order valence-corrected chi connectivity index (χ2v) is 5.16. The van der Waals surface area contributed by atoms with Crippen molar-refractivity contribution < 1.29 is 4.42 Å². The first kappa shape index (κ1) is 12.0. The van der Waals surface area contributed by atoms with Crippen LogP contribution >= 0.6 is 0 Å². The fraction of sp³-hybridized carbons (Fsp3) is 0.118. The third kappa shape index (κ3) is 2.05. The molecule has 0 saturated carbocycles. The Morgan fingerprint density at radius 2 is 2.10 bits per heavy atom. The summed E-state index contributed by atoms with van der Waals surface area (Å²) in [6.45, 7) is 2.75. The third-order valence-corrected chi connectivity index (χ3v) is 3.81. The van der Waals surface area contributed by atoms with Gasteiger partial charge in [-0.3, -0.25) is 5.10 Å². The summed E-state index contributed by atoms with van der Waals surface area (Å²) in [5, 5.41) is 12.7. The van der Waals surface area contributed by atoms with Gasteiger partial charge >= 0.3 is 0 Å². The molecule has 2 heterocycles. The minimum Gasteiger partial charge on any atom is -0.461 e. The van der Waals surface area contributed by atoms with Crippen LogP contribution in [0.2, 0.25) is 0 Å². The number of anilines is 1. The minimum atomic E-state index is 0.742. The highest BCUT2D eigenvalue weighted by molar-refractivity contribution is 5.83. The average molecular weight is 277 g/mol. The molecule has 0 aliphatic rings. The van der Waals surface area contributed by atoms with Gasteiger partial charge in [0.1, 0.15) is 11.3 Å². The zero-order valence-electron chi connectivity index (χ0n) is 11.7. The lowest BCUT2D eigenvalue weighted by Crippen LogP contribution is -1.99. The zero-order chi connectivity index (χ0) is 14.2. The Morgan fingerprint density at radius 3 is 3.05 bits per heavy atom. The molecule has 2 aromatic carbocycles. The molecular formula is C17H15N3O. The number of aromatic amines is 1. The molecular weight excluding hydrogens is 262 g/mol. The van der Waals surface area contributed by atoms with Crippen molar-refractivity contribution in [3.63, 3.8) is 0 Å².